The van der Waals surface area contributed by atoms with E-state index in [0.29, 0.717) is 33.7 Å². The molecule has 0 aliphatic rings. The molecule has 3 rings (SSSR count). The first-order valence-corrected chi connectivity index (χ1v) is 9.40. The van der Waals surface area contributed by atoms with Gasteiger partial charge in [0.05, 0.1) is 31.0 Å². The molecule has 0 unspecified atom stereocenters. The zero-order chi connectivity index (χ0) is 21.8. The number of carbonyl (C=O) groups excluding carboxylic acids is 2. The van der Waals surface area contributed by atoms with Crippen LogP contribution in [-0.2, 0) is 9.53 Å². The van der Waals surface area contributed by atoms with E-state index in [4.69, 9.17) is 14.2 Å². The third kappa shape index (κ3) is 4.20. The monoisotopic (exact) mass is 408 g/mol. The van der Waals surface area contributed by atoms with Crippen LogP contribution in [0.25, 0.3) is 22.2 Å². The lowest BCUT2D eigenvalue weighted by atomic mass is 10.0. The number of hydrogen-bond acceptors (Lipinski definition) is 6. The van der Waals surface area contributed by atoms with E-state index in [1.807, 2.05) is 24.3 Å². The van der Waals surface area contributed by atoms with E-state index in [2.05, 4.69) is 4.98 Å². The summed E-state index contributed by atoms with van der Waals surface area (Å²) in [4.78, 5) is 31.1. The lowest BCUT2D eigenvalue weighted by Gasteiger charge is -2.18. The Morgan fingerprint density at radius 3 is 2.33 bits per heavy atom. The average Bonchev–Trinajstić information content (AvgIpc) is 2.76. The van der Waals surface area contributed by atoms with Gasteiger partial charge in [-0.25, -0.2) is 9.78 Å². The van der Waals surface area contributed by atoms with Gasteiger partial charge in [-0.05, 0) is 37.3 Å². The van der Waals surface area contributed by atoms with E-state index in [9.17, 15) is 9.59 Å². The standard InChI is InChI=1S/C23H24N2O5/c1-14(22(26)25(2)3)30-23(27)17-13-19(24-18-9-7-6-8-16(17)18)15-10-11-20(28-4)21(12-15)29-5/h6-14H,1-5H3/t14-/m0/s1. The van der Waals surface area contributed by atoms with E-state index in [-0.39, 0.29) is 5.91 Å². The molecule has 1 aromatic heterocycles. The number of esters is 1. The zero-order valence-electron chi connectivity index (χ0n) is 17.6. The van der Waals surface area contributed by atoms with E-state index < -0.39 is 12.1 Å². The molecule has 156 valence electrons. The molecular formula is C23H24N2O5. The Bertz CT molecular complexity index is 1090. The number of nitrogens with zero attached hydrogens (tertiary/aromatic N) is 2. The van der Waals surface area contributed by atoms with Gasteiger partial charge in [-0.1, -0.05) is 18.2 Å². The maximum Gasteiger partial charge on any atom is 0.339 e. The number of aromatic nitrogens is 1. The predicted molar refractivity (Wildman–Crippen MR) is 114 cm³/mol. The molecule has 1 atom stereocenters. The summed E-state index contributed by atoms with van der Waals surface area (Å²) in [6.07, 6.45) is -0.899. The van der Waals surface area contributed by atoms with Gasteiger partial charge >= 0.3 is 5.97 Å². The Morgan fingerprint density at radius 1 is 0.967 bits per heavy atom. The van der Waals surface area contributed by atoms with Gasteiger partial charge in [0.25, 0.3) is 5.91 Å². The van der Waals surface area contributed by atoms with Crippen molar-refractivity contribution in [1.29, 1.82) is 0 Å². The lowest BCUT2D eigenvalue weighted by Crippen LogP contribution is -2.34. The van der Waals surface area contributed by atoms with Crippen LogP contribution in [0, 0.1) is 0 Å². The molecule has 1 amide bonds. The fraction of sp³-hybridized carbons (Fsp3) is 0.261. The zero-order valence-corrected chi connectivity index (χ0v) is 17.6. The van der Waals surface area contributed by atoms with Crippen molar-refractivity contribution >= 4 is 22.8 Å². The van der Waals surface area contributed by atoms with Crippen molar-refractivity contribution in [1.82, 2.24) is 9.88 Å². The van der Waals surface area contributed by atoms with Crippen molar-refractivity contribution in [2.24, 2.45) is 0 Å². The van der Waals surface area contributed by atoms with Crippen molar-refractivity contribution in [2.75, 3.05) is 28.3 Å². The summed E-state index contributed by atoms with van der Waals surface area (Å²) in [6.45, 7) is 1.55. The van der Waals surface area contributed by atoms with Crippen molar-refractivity contribution in [2.45, 2.75) is 13.0 Å². The summed E-state index contributed by atoms with van der Waals surface area (Å²) < 4.78 is 16.1. The first-order valence-electron chi connectivity index (χ1n) is 9.40. The third-order valence-electron chi connectivity index (χ3n) is 4.69. The van der Waals surface area contributed by atoms with E-state index in [0.717, 1.165) is 5.56 Å². The second kappa shape index (κ2) is 8.82. The molecule has 7 heteroatoms. The minimum Gasteiger partial charge on any atom is -0.493 e. The van der Waals surface area contributed by atoms with Crippen LogP contribution in [0.15, 0.2) is 48.5 Å². The normalized spacial score (nSPS) is 11.6. The molecule has 0 N–H and O–H groups in total. The number of rotatable bonds is 6. The Morgan fingerprint density at radius 2 is 1.67 bits per heavy atom. The minimum atomic E-state index is -0.899. The summed E-state index contributed by atoms with van der Waals surface area (Å²) in [5.41, 5.74) is 2.31. The largest absolute Gasteiger partial charge is 0.493 e. The second-order valence-corrected chi connectivity index (χ2v) is 6.92. The number of amides is 1. The van der Waals surface area contributed by atoms with Gasteiger partial charge in [-0.3, -0.25) is 4.79 Å². The van der Waals surface area contributed by atoms with Gasteiger partial charge in [0.1, 0.15) is 0 Å². The van der Waals surface area contributed by atoms with Gasteiger partial charge in [0.2, 0.25) is 0 Å². The van der Waals surface area contributed by atoms with Crippen LogP contribution < -0.4 is 9.47 Å². The molecule has 2 aromatic carbocycles. The van der Waals surface area contributed by atoms with Crippen molar-refractivity contribution in [3.05, 3.63) is 54.1 Å². The Labute approximate surface area is 175 Å². The third-order valence-corrected chi connectivity index (χ3v) is 4.69. The Hall–Kier alpha value is -3.61. The molecule has 0 spiro atoms. The van der Waals surface area contributed by atoms with Crippen LogP contribution in [0.4, 0.5) is 0 Å². The lowest BCUT2D eigenvalue weighted by molar-refractivity contribution is -0.137. The number of carbonyl (C=O) groups is 2. The number of fused-ring (bicyclic) bond motifs is 1. The molecule has 30 heavy (non-hydrogen) atoms. The molecule has 3 aromatic rings. The number of para-hydroxylation sites is 1. The first kappa shape index (κ1) is 21.1. The molecule has 1 heterocycles. The molecule has 7 nitrogen and oxygen atoms in total. The van der Waals surface area contributed by atoms with Crippen molar-refractivity contribution < 1.29 is 23.8 Å². The quantitative estimate of drug-likeness (QED) is 0.581. The summed E-state index contributed by atoms with van der Waals surface area (Å²) in [5, 5.41) is 0.649. The molecule has 0 aliphatic carbocycles. The maximum absolute atomic E-state index is 12.9. The molecule has 0 fully saturated rings. The molecule has 0 aliphatic heterocycles. The highest BCUT2D eigenvalue weighted by Gasteiger charge is 2.22. The van der Waals surface area contributed by atoms with Crippen LogP contribution in [0.2, 0.25) is 0 Å². The van der Waals surface area contributed by atoms with E-state index >= 15 is 0 Å². The van der Waals surface area contributed by atoms with Gasteiger partial charge < -0.3 is 19.1 Å². The molecule has 0 radical (unpaired) electrons. The molecule has 0 saturated carbocycles. The predicted octanol–water partition coefficient (Wildman–Crippen LogP) is 3.55. The highest BCUT2D eigenvalue weighted by atomic mass is 16.5. The Balaban J connectivity index is 2.07. The van der Waals surface area contributed by atoms with Gasteiger partial charge in [0, 0.05) is 25.0 Å². The smallest absolute Gasteiger partial charge is 0.339 e. The van der Waals surface area contributed by atoms with Crippen molar-refractivity contribution in [3.8, 4) is 22.8 Å². The topological polar surface area (TPSA) is 78.0 Å². The highest BCUT2D eigenvalue weighted by molar-refractivity contribution is 6.05. The highest BCUT2D eigenvalue weighted by Crippen LogP contribution is 2.33. The number of pyridine rings is 1. The maximum atomic E-state index is 12.9. The van der Waals surface area contributed by atoms with Gasteiger partial charge in [-0.15, -0.1) is 0 Å². The molecular weight excluding hydrogens is 384 g/mol. The number of hydrogen-bond donors (Lipinski definition) is 0. The van der Waals surface area contributed by atoms with Crippen LogP contribution in [0.3, 0.4) is 0 Å². The first-order chi connectivity index (χ1) is 14.3. The minimum absolute atomic E-state index is 0.290. The van der Waals surface area contributed by atoms with Crippen LogP contribution >= 0.6 is 0 Å². The molecule has 0 saturated heterocycles. The number of benzene rings is 2. The summed E-state index contributed by atoms with van der Waals surface area (Å²) in [5.74, 6) is 0.275. The average molecular weight is 408 g/mol. The number of methoxy groups -OCH3 is 2. The summed E-state index contributed by atoms with van der Waals surface area (Å²) in [7, 11) is 6.35. The SMILES string of the molecule is COc1ccc(-c2cc(C(=O)O[C@@H](C)C(=O)N(C)C)c3ccccc3n2)cc1OC. The number of ether oxygens (including phenoxy) is 3. The van der Waals surface area contributed by atoms with Crippen LogP contribution in [0.5, 0.6) is 11.5 Å². The summed E-state index contributed by atoms with van der Waals surface area (Å²) in [6, 6.07) is 14.4. The molecule has 0 bridgehead atoms. The van der Waals surface area contributed by atoms with E-state index in [1.54, 1.807) is 59.5 Å². The van der Waals surface area contributed by atoms with Gasteiger partial charge in [0.15, 0.2) is 17.6 Å². The van der Waals surface area contributed by atoms with Crippen LogP contribution in [-0.4, -0.2) is 56.2 Å². The fourth-order valence-corrected chi connectivity index (χ4v) is 3.13. The summed E-state index contributed by atoms with van der Waals surface area (Å²) >= 11 is 0. The number of likely N-dealkylation sites (N-methyl/N-ethyl adjacent to an activating group) is 1. The fourth-order valence-electron chi connectivity index (χ4n) is 3.13. The van der Waals surface area contributed by atoms with Crippen molar-refractivity contribution in [3.63, 3.8) is 0 Å². The second-order valence-electron chi connectivity index (χ2n) is 6.92. The van der Waals surface area contributed by atoms with Gasteiger partial charge in [-0.2, -0.15) is 0 Å². The van der Waals surface area contributed by atoms with Crippen LogP contribution in [0.1, 0.15) is 17.3 Å². The van der Waals surface area contributed by atoms with E-state index in [1.165, 1.54) is 4.90 Å². The Kier molecular flexibility index (Phi) is 6.20.